The molecule has 0 bridgehead atoms. The fourth-order valence-electron chi connectivity index (χ4n) is 0. The zero-order valence-electron chi connectivity index (χ0n) is 5.73. The van der Waals surface area contributed by atoms with E-state index >= 15 is 0 Å². The first-order chi connectivity index (χ1) is 3.46. The van der Waals surface area contributed by atoms with Crippen LogP contribution in [0, 0.1) is 0 Å². The third-order valence-corrected chi connectivity index (χ3v) is 0. The third-order valence-electron chi connectivity index (χ3n) is 0. The molecule has 11 heteroatoms. The van der Waals surface area contributed by atoms with E-state index in [9.17, 15) is 0 Å². The van der Waals surface area contributed by atoms with Gasteiger partial charge in [-0.05, 0) is 0 Å². The van der Waals surface area contributed by atoms with E-state index in [-0.39, 0.29) is 113 Å². The molecular weight excluding hydrogens is 270 g/mol. The van der Waals surface area contributed by atoms with E-state index in [0.29, 0.717) is 0 Å². The Labute approximate surface area is 167 Å². The summed E-state index contributed by atoms with van der Waals surface area (Å²) >= 11 is 7.02. The number of hydrogen-bond acceptors (Lipinski definition) is 6. The molecule has 0 aliphatic rings. The Morgan fingerprint density at radius 2 is 0.636 bits per heavy atom. The fourth-order valence-corrected chi connectivity index (χ4v) is 0. The summed E-state index contributed by atoms with van der Waals surface area (Å²) < 4.78 is 0. The summed E-state index contributed by atoms with van der Waals surface area (Å²) in [5.41, 5.74) is 0. The molecule has 0 fully saturated rings. The Balaban J connectivity index is -0.0000000171. The maximum Gasteiger partial charge on any atom is 2.00 e. The molecule has 0 atom stereocenters. The van der Waals surface area contributed by atoms with E-state index in [1.54, 1.807) is 0 Å². The van der Waals surface area contributed by atoms with Gasteiger partial charge in [0.1, 0.15) is 0 Å². The summed E-state index contributed by atoms with van der Waals surface area (Å²) in [4.78, 5) is 0. The summed E-state index contributed by atoms with van der Waals surface area (Å²) in [6.45, 7) is 0. The molecule has 0 heterocycles. The topological polar surface area (TPSA) is 92.2 Å². The van der Waals surface area contributed by atoms with E-state index in [1.165, 1.54) is 0 Å². The molecule has 0 radical (unpaired) electrons. The first-order valence-corrected chi connectivity index (χ1v) is 2.36. The van der Waals surface area contributed by atoms with Gasteiger partial charge in [0.2, 0.25) is 0 Å². The molecule has 48 valence electrons. The standard InChI is InChI=1S/2BO2S.3Ca/c2*2-1(3)4;;;/q2*-3;3*+2. The maximum absolute atomic E-state index is 8.79. The van der Waals surface area contributed by atoms with Gasteiger partial charge in [-0.25, -0.2) is 0 Å². The quantitative estimate of drug-likeness (QED) is 0.321. The van der Waals surface area contributed by atoms with Gasteiger partial charge >= 0.3 is 113 Å². The average molecular weight is 270 g/mol. The second kappa shape index (κ2) is 23.9. The van der Waals surface area contributed by atoms with Crippen molar-refractivity contribution in [2.45, 2.75) is 0 Å². The Morgan fingerprint density at radius 3 is 0.636 bits per heavy atom. The molecule has 0 amide bonds. The van der Waals surface area contributed by atoms with E-state index in [4.69, 9.17) is 20.1 Å². The van der Waals surface area contributed by atoms with Crippen molar-refractivity contribution in [3.63, 3.8) is 0 Å². The Bertz CT molecular complexity index is 36.8. The molecular formula is B2Ca3O4S2. The minimum absolute atomic E-state index is 0. The van der Waals surface area contributed by atoms with Crippen LogP contribution in [0.5, 0.6) is 0 Å². The van der Waals surface area contributed by atoms with Crippen molar-refractivity contribution in [1.82, 2.24) is 0 Å². The van der Waals surface area contributed by atoms with Crippen molar-refractivity contribution in [2.24, 2.45) is 0 Å². The molecule has 0 aromatic rings. The minimum Gasteiger partial charge on any atom is -0.911 e. The van der Waals surface area contributed by atoms with Crippen LogP contribution in [0.15, 0.2) is 0 Å². The van der Waals surface area contributed by atoms with Crippen LogP contribution in [-0.4, -0.2) is 126 Å². The molecule has 4 nitrogen and oxygen atoms in total. The van der Waals surface area contributed by atoms with Gasteiger partial charge in [0.15, 0.2) is 0 Å². The fraction of sp³-hybridized carbons (Fsp3) is 0. The van der Waals surface area contributed by atoms with Crippen molar-refractivity contribution in [3.8, 4) is 0 Å². The Morgan fingerprint density at radius 1 is 0.636 bits per heavy atom. The SMILES string of the molecule is [Ca+2].[Ca+2].[Ca+2].[O-]B([O-])[S-].[O-]B([O-])[S-]. The first kappa shape index (κ1) is 29.5. The van der Waals surface area contributed by atoms with Crippen molar-refractivity contribution >= 4 is 151 Å². The van der Waals surface area contributed by atoms with E-state index in [0.717, 1.165) is 0 Å². The summed E-state index contributed by atoms with van der Waals surface area (Å²) in [6.07, 6.45) is -4.17. The van der Waals surface area contributed by atoms with Crippen LogP contribution < -0.4 is 20.1 Å². The van der Waals surface area contributed by atoms with Gasteiger partial charge in [0, 0.05) is 0 Å². The predicted molar refractivity (Wildman–Crippen MR) is 43.5 cm³/mol. The first-order valence-electron chi connectivity index (χ1n) is 1.41. The van der Waals surface area contributed by atoms with Crippen molar-refractivity contribution in [1.29, 1.82) is 0 Å². The smallest absolute Gasteiger partial charge is 0.911 e. The van der Waals surface area contributed by atoms with Crippen LogP contribution in [-0.2, 0) is 25.0 Å². The maximum atomic E-state index is 8.79. The zero-order chi connectivity index (χ0) is 7.15. The summed E-state index contributed by atoms with van der Waals surface area (Å²) in [7, 11) is 0. The second-order valence-corrected chi connectivity index (χ2v) is 1.35. The van der Waals surface area contributed by atoms with Crippen molar-refractivity contribution in [2.75, 3.05) is 0 Å². The third kappa shape index (κ3) is 113. The molecule has 0 unspecified atom stereocenters. The van der Waals surface area contributed by atoms with Gasteiger partial charge in [-0.1, -0.05) is 0 Å². The van der Waals surface area contributed by atoms with Gasteiger partial charge in [-0.2, -0.15) is 0 Å². The molecule has 0 saturated carbocycles. The number of hydrogen-bond donors (Lipinski definition) is 0. The molecule has 0 aromatic heterocycles. The monoisotopic (exact) mass is 270 g/mol. The van der Waals surface area contributed by atoms with Gasteiger partial charge < -0.3 is 57.8 Å². The summed E-state index contributed by atoms with van der Waals surface area (Å²) in [6, 6.07) is 0. The molecule has 0 rings (SSSR count). The van der Waals surface area contributed by atoms with Crippen molar-refractivity contribution < 1.29 is 20.1 Å². The normalized spacial score (nSPS) is 4.91. The molecule has 0 aliphatic carbocycles. The summed E-state index contributed by atoms with van der Waals surface area (Å²) in [5.74, 6) is 0. The van der Waals surface area contributed by atoms with Gasteiger partial charge in [0.05, 0.1) is 0 Å². The molecule has 0 saturated heterocycles. The Hall–Kier alpha value is 4.45. The molecule has 0 spiro atoms. The molecule has 0 aromatic carbocycles. The van der Waals surface area contributed by atoms with E-state index < -0.39 is 12.8 Å². The molecule has 0 aliphatic heterocycles. The van der Waals surface area contributed by atoms with Crippen LogP contribution in [0.25, 0.3) is 0 Å². The Kier molecular flexibility index (Phi) is 64.3. The van der Waals surface area contributed by atoms with Gasteiger partial charge in [-0.3, -0.25) is 0 Å². The second-order valence-electron chi connectivity index (χ2n) is 0.577. The van der Waals surface area contributed by atoms with Crippen LogP contribution in [0.1, 0.15) is 0 Å². The van der Waals surface area contributed by atoms with Crippen LogP contribution >= 0.6 is 0 Å². The van der Waals surface area contributed by atoms with Gasteiger partial charge in [-0.15, -0.1) is 0 Å². The minimum atomic E-state index is -2.08. The van der Waals surface area contributed by atoms with Crippen molar-refractivity contribution in [3.05, 3.63) is 0 Å². The van der Waals surface area contributed by atoms with Gasteiger partial charge in [0.25, 0.3) is 0 Å². The summed E-state index contributed by atoms with van der Waals surface area (Å²) in [5, 5.41) is 35.1. The zero-order valence-corrected chi connectivity index (χ0v) is 14.0. The van der Waals surface area contributed by atoms with Crippen LogP contribution in [0.4, 0.5) is 0 Å². The van der Waals surface area contributed by atoms with E-state index in [1.807, 2.05) is 0 Å². The molecule has 0 N–H and O–H groups in total. The molecule has 11 heavy (non-hydrogen) atoms. The van der Waals surface area contributed by atoms with E-state index in [2.05, 4.69) is 25.0 Å². The average Bonchev–Trinajstić information content (AvgIpc) is 1.25. The number of rotatable bonds is 0. The van der Waals surface area contributed by atoms with Crippen LogP contribution in [0.3, 0.4) is 0 Å². The predicted octanol–water partition coefficient (Wildman–Crippen LogP) is -6.66. The van der Waals surface area contributed by atoms with Crippen LogP contribution in [0.2, 0.25) is 0 Å². The largest absolute Gasteiger partial charge is 2.00 e.